The predicted octanol–water partition coefficient (Wildman–Crippen LogP) is 2.75. The summed E-state index contributed by atoms with van der Waals surface area (Å²) in [5, 5.41) is 1.86. The molecule has 1 aliphatic rings. The Morgan fingerprint density at radius 3 is 2.50 bits per heavy atom. The highest BCUT2D eigenvalue weighted by molar-refractivity contribution is 5.85. The van der Waals surface area contributed by atoms with E-state index in [0.29, 0.717) is 18.0 Å². The van der Waals surface area contributed by atoms with Crippen molar-refractivity contribution in [2.24, 2.45) is 0 Å². The Bertz CT molecular complexity index is 646. The number of carbonyl (C=O) groups excluding carboxylic acids is 1. The van der Waals surface area contributed by atoms with Crippen molar-refractivity contribution in [2.75, 3.05) is 12.3 Å². The monoisotopic (exact) mass is 319 g/mol. The van der Waals surface area contributed by atoms with Crippen molar-refractivity contribution in [3.63, 3.8) is 0 Å². The molecule has 1 heterocycles. The second-order valence-electron chi connectivity index (χ2n) is 5.01. The number of nitrogen functional groups attached to an aromatic ring is 1. The Labute approximate surface area is 135 Å². The molecule has 3 N–H and O–H groups in total. The van der Waals surface area contributed by atoms with Gasteiger partial charge in [0, 0.05) is 18.8 Å². The smallest absolute Gasteiger partial charge is 0.409 e. The number of hydrazine groups is 1. The van der Waals surface area contributed by atoms with Crippen molar-refractivity contribution < 1.29 is 9.53 Å². The van der Waals surface area contributed by atoms with E-state index >= 15 is 0 Å². The van der Waals surface area contributed by atoms with Gasteiger partial charge in [-0.05, 0) is 41.8 Å². The van der Waals surface area contributed by atoms with Crippen molar-refractivity contribution in [3.05, 3.63) is 59.7 Å². The lowest BCUT2D eigenvalue weighted by atomic mass is 10.0. The minimum Gasteiger partial charge on any atom is -0.409 e. The molecule has 22 heavy (non-hydrogen) atoms. The van der Waals surface area contributed by atoms with E-state index in [2.05, 4.69) is 17.6 Å². The fourth-order valence-electron chi connectivity index (χ4n) is 2.39. The maximum atomic E-state index is 11.9. The number of amides is 1. The van der Waals surface area contributed by atoms with Gasteiger partial charge in [-0.2, -0.15) is 0 Å². The number of benzene rings is 2. The number of ether oxygens (including phenoxy) is 1. The number of fused-ring (bicyclic) bond motifs is 1. The summed E-state index contributed by atoms with van der Waals surface area (Å²) in [6.07, 6.45) is 0.428. The Balaban J connectivity index is 0.00000176. The number of rotatable bonds is 2. The Morgan fingerprint density at radius 1 is 1.09 bits per heavy atom. The summed E-state index contributed by atoms with van der Waals surface area (Å²) in [6.45, 7) is 1.46. The zero-order valence-electron chi connectivity index (χ0n) is 12.0. The average Bonchev–Trinajstić information content (AvgIpc) is 2.49. The van der Waals surface area contributed by atoms with E-state index in [1.54, 1.807) is 24.3 Å². The molecule has 0 bridgehead atoms. The van der Waals surface area contributed by atoms with E-state index in [0.717, 1.165) is 13.0 Å². The van der Waals surface area contributed by atoms with Crippen molar-refractivity contribution >= 4 is 24.2 Å². The standard InChI is InChI=1S/C16H17N3O2.ClH/c17-14-5-7-15(8-6-14)21-16(20)18-19-10-9-12-3-1-2-4-13(12)11-19;/h1-8H,9-11,17H2,(H,18,20);1H. The summed E-state index contributed by atoms with van der Waals surface area (Å²) < 4.78 is 5.21. The van der Waals surface area contributed by atoms with Crippen LogP contribution in [0, 0.1) is 0 Å². The highest BCUT2D eigenvalue weighted by Gasteiger charge is 2.18. The first kappa shape index (κ1) is 16.1. The normalized spacial score (nSPS) is 13.6. The summed E-state index contributed by atoms with van der Waals surface area (Å²) in [6, 6.07) is 15.0. The van der Waals surface area contributed by atoms with Gasteiger partial charge in [-0.3, -0.25) is 5.43 Å². The topological polar surface area (TPSA) is 67.6 Å². The van der Waals surface area contributed by atoms with Crippen LogP contribution in [-0.4, -0.2) is 17.6 Å². The van der Waals surface area contributed by atoms with Crippen molar-refractivity contribution in [3.8, 4) is 5.75 Å². The Kier molecular flexibility index (Phi) is 5.25. The molecule has 0 fully saturated rings. The van der Waals surface area contributed by atoms with E-state index < -0.39 is 6.09 Å². The lowest BCUT2D eigenvalue weighted by Gasteiger charge is -2.28. The third kappa shape index (κ3) is 3.90. The van der Waals surface area contributed by atoms with E-state index in [4.69, 9.17) is 10.5 Å². The fourth-order valence-corrected chi connectivity index (χ4v) is 2.39. The summed E-state index contributed by atoms with van der Waals surface area (Å²) >= 11 is 0. The van der Waals surface area contributed by atoms with Crippen LogP contribution in [0.5, 0.6) is 5.75 Å². The second kappa shape index (κ2) is 7.15. The lowest BCUT2D eigenvalue weighted by molar-refractivity contribution is 0.135. The maximum Gasteiger partial charge on any atom is 0.427 e. The number of anilines is 1. The first-order chi connectivity index (χ1) is 10.2. The molecule has 0 radical (unpaired) electrons. The Morgan fingerprint density at radius 2 is 1.77 bits per heavy atom. The van der Waals surface area contributed by atoms with Crippen molar-refractivity contribution in [1.82, 2.24) is 10.4 Å². The van der Waals surface area contributed by atoms with Crippen LogP contribution < -0.4 is 15.9 Å². The molecule has 0 spiro atoms. The van der Waals surface area contributed by atoms with Gasteiger partial charge in [0.15, 0.2) is 0 Å². The molecule has 1 aliphatic heterocycles. The van der Waals surface area contributed by atoms with Gasteiger partial charge in [0.05, 0.1) is 0 Å². The minimum absolute atomic E-state index is 0. The molecular formula is C16H18ClN3O2. The van der Waals surface area contributed by atoms with Crippen LogP contribution in [0.3, 0.4) is 0 Å². The van der Waals surface area contributed by atoms with E-state index in [-0.39, 0.29) is 12.4 Å². The number of carbonyl (C=O) groups is 1. The van der Waals surface area contributed by atoms with Crippen LogP contribution in [-0.2, 0) is 13.0 Å². The highest BCUT2D eigenvalue weighted by atomic mass is 35.5. The summed E-state index contributed by atoms with van der Waals surface area (Å²) in [5.74, 6) is 0.471. The van der Waals surface area contributed by atoms with Crippen molar-refractivity contribution in [1.29, 1.82) is 0 Å². The quantitative estimate of drug-likeness (QED) is 0.835. The van der Waals surface area contributed by atoms with Crippen LogP contribution >= 0.6 is 12.4 Å². The number of nitrogens with one attached hydrogen (secondary N) is 1. The van der Waals surface area contributed by atoms with Gasteiger partial charge in [-0.15, -0.1) is 12.4 Å². The molecule has 1 amide bonds. The summed E-state index contributed by atoms with van der Waals surface area (Å²) in [4.78, 5) is 11.9. The number of nitrogens with two attached hydrogens (primary N) is 1. The largest absolute Gasteiger partial charge is 0.427 e. The molecule has 0 aromatic heterocycles. The second-order valence-corrected chi connectivity index (χ2v) is 5.01. The highest BCUT2D eigenvalue weighted by Crippen LogP contribution is 2.17. The Hall–Kier alpha value is -2.24. The average molecular weight is 320 g/mol. The van der Waals surface area contributed by atoms with E-state index in [1.807, 2.05) is 17.1 Å². The van der Waals surface area contributed by atoms with Gasteiger partial charge in [0.25, 0.3) is 0 Å². The third-order valence-corrected chi connectivity index (χ3v) is 3.47. The van der Waals surface area contributed by atoms with Gasteiger partial charge in [-0.1, -0.05) is 24.3 Å². The molecule has 5 nitrogen and oxygen atoms in total. The molecular weight excluding hydrogens is 302 g/mol. The number of halogens is 1. The third-order valence-electron chi connectivity index (χ3n) is 3.47. The minimum atomic E-state index is -0.487. The molecule has 0 saturated heterocycles. The van der Waals surface area contributed by atoms with Crippen LogP contribution in [0.25, 0.3) is 0 Å². The van der Waals surface area contributed by atoms with Crippen LogP contribution in [0.4, 0.5) is 10.5 Å². The fraction of sp³-hybridized carbons (Fsp3) is 0.188. The van der Waals surface area contributed by atoms with Gasteiger partial charge < -0.3 is 10.5 Å². The van der Waals surface area contributed by atoms with Crippen LogP contribution in [0.15, 0.2) is 48.5 Å². The molecule has 0 unspecified atom stereocenters. The zero-order valence-corrected chi connectivity index (χ0v) is 12.8. The van der Waals surface area contributed by atoms with E-state index in [9.17, 15) is 4.79 Å². The maximum absolute atomic E-state index is 11.9. The van der Waals surface area contributed by atoms with Crippen LogP contribution in [0.1, 0.15) is 11.1 Å². The summed E-state index contributed by atoms with van der Waals surface area (Å²) in [5.41, 5.74) is 11.6. The lowest BCUT2D eigenvalue weighted by Crippen LogP contribution is -2.46. The molecule has 0 aliphatic carbocycles. The molecule has 116 valence electrons. The first-order valence-electron chi connectivity index (χ1n) is 6.86. The molecule has 2 aromatic rings. The molecule has 3 rings (SSSR count). The SMILES string of the molecule is Cl.Nc1ccc(OC(=O)NN2CCc3ccccc3C2)cc1. The number of hydrogen-bond donors (Lipinski definition) is 2. The van der Waals surface area contributed by atoms with Gasteiger partial charge in [-0.25, -0.2) is 9.80 Å². The number of hydrogen-bond acceptors (Lipinski definition) is 4. The zero-order chi connectivity index (χ0) is 14.7. The summed E-state index contributed by atoms with van der Waals surface area (Å²) in [7, 11) is 0. The molecule has 0 atom stereocenters. The number of nitrogens with zero attached hydrogens (tertiary/aromatic N) is 1. The van der Waals surface area contributed by atoms with Gasteiger partial charge >= 0.3 is 6.09 Å². The first-order valence-corrected chi connectivity index (χ1v) is 6.86. The molecule has 2 aromatic carbocycles. The van der Waals surface area contributed by atoms with Gasteiger partial charge in [0.1, 0.15) is 5.75 Å². The molecule has 6 heteroatoms. The predicted molar refractivity (Wildman–Crippen MR) is 87.8 cm³/mol. The van der Waals surface area contributed by atoms with E-state index in [1.165, 1.54) is 11.1 Å². The van der Waals surface area contributed by atoms with Gasteiger partial charge in [0.2, 0.25) is 0 Å². The van der Waals surface area contributed by atoms with Crippen LogP contribution in [0.2, 0.25) is 0 Å². The molecule has 0 saturated carbocycles. The van der Waals surface area contributed by atoms with Crippen molar-refractivity contribution in [2.45, 2.75) is 13.0 Å².